The van der Waals surface area contributed by atoms with Crippen molar-refractivity contribution in [3.63, 3.8) is 0 Å². The summed E-state index contributed by atoms with van der Waals surface area (Å²) >= 11 is 0. The van der Waals surface area contributed by atoms with Crippen LogP contribution in [0.1, 0.15) is 33.1 Å². The second-order valence-corrected chi connectivity index (χ2v) is 3.82. The van der Waals surface area contributed by atoms with E-state index in [-0.39, 0.29) is 25.9 Å². The van der Waals surface area contributed by atoms with Crippen molar-refractivity contribution in [3.8, 4) is 0 Å². The second-order valence-electron chi connectivity index (χ2n) is 3.82. The van der Waals surface area contributed by atoms with E-state index >= 15 is 0 Å². The van der Waals surface area contributed by atoms with Crippen LogP contribution in [0.4, 0.5) is 0 Å². The summed E-state index contributed by atoms with van der Waals surface area (Å²) in [6, 6.07) is -0.888. The van der Waals surface area contributed by atoms with Gasteiger partial charge in [0.15, 0.2) is 0 Å². The number of nitro groups is 2. The molecular weight excluding hydrogens is 216 g/mol. The van der Waals surface area contributed by atoms with E-state index in [0.29, 0.717) is 0 Å². The zero-order chi connectivity index (χ0) is 12.8. The smallest absolute Gasteiger partial charge is 0.251 e. The van der Waals surface area contributed by atoms with Crippen molar-refractivity contribution >= 4 is 0 Å². The fourth-order valence-electron chi connectivity index (χ4n) is 1.64. The van der Waals surface area contributed by atoms with Crippen molar-refractivity contribution in [3.05, 3.63) is 20.2 Å². The first-order valence-electron chi connectivity index (χ1n) is 5.20. The van der Waals surface area contributed by atoms with Crippen LogP contribution in [0.5, 0.6) is 0 Å². The van der Waals surface area contributed by atoms with Crippen molar-refractivity contribution in [1.29, 1.82) is 0 Å². The van der Waals surface area contributed by atoms with Gasteiger partial charge in [0.05, 0.1) is 6.42 Å². The van der Waals surface area contributed by atoms with Gasteiger partial charge in [-0.3, -0.25) is 20.2 Å². The van der Waals surface area contributed by atoms with Gasteiger partial charge in [0.2, 0.25) is 6.04 Å². The summed E-state index contributed by atoms with van der Waals surface area (Å²) in [5, 5.41) is 21.7. The lowest BCUT2D eigenvalue weighted by molar-refractivity contribution is -0.597. The lowest BCUT2D eigenvalue weighted by Gasteiger charge is -2.24. The summed E-state index contributed by atoms with van der Waals surface area (Å²) < 4.78 is 4.82. The molecule has 0 radical (unpaired) electrons. The fourth-order valence-corrected chi connectivity index (χ4v) is 1.64. The number of rotatable bonds is 8. The highest BCUT2D eigenvalue weighted by atomic mass is 16.6. The predicted octanol–water partition coefficient (Wildman–Crippen LogP) is 1.50. The Morgan fingerprint density at radius 3 is 2.12 bits per heavy atom. The molecule has 0 heterocycles. The topological polar surface area (TPSA) is 95.5 Å². The van der Waals surface area contributed by atoms with Crippen LogP contribution in [0.25, 0.3) is 0 Å². The van der Waals surface area contributed by atoms with Crippen LogP contribution in [0, 0.1) is 20.2 Å². The Hall–Kier alpha value is -1.24. The van der Waals surface area contributed by atoms with E-state index in [2.05, 4.69) is 0 Å². The zero-order valence-electron chi connectivity index (χ0n) is 9.84. The average Bonchev–Trinajstić information content (AvgIpc) is 2.23. The Kier molecular flexibility index (Phi) is 5.87. The van der Waals surface area contributed by atoms with E-state index in [1.807, 2.05) is 0 Å². The molecule has 0 bridgehead atoms. The molecular formula is C9H18N2O5. The Morgan fingerprint density at radius 1 is 1.31 bits per heavy atom. The van der Waals surface area contributed by atoms with E-state index in [4.69, 9.17) is 4.74 Å². The molecule has 94 valence electrons. The number of methoxy groups -OCH3 is 1. The van der Waals surface area contributed by atoms with Crippen LogP contribution in [0.3, 0.4) is 0 Å². The third-order valence-corrected chi connectivity index (χ3v) is 2.84. The lowest BCUT2D eigenvalue weighted by atomic mass is 9.89. The van der Waals surface area contributed by atoms with Gasteiger partial charge in [-0.25, -0.2) is 0 Å². The maximum absolute atomic E-state index is 11.0. The minimum Gasteiger partial charge on any atom is -0.377 e. The summed E-state index contributed by atoms with van der Waals surface area (Å²) in [6.45, 7) is 3.20. The number of nitrogens with zero attached hydrogens (tertiary/aromatic N) is 2. The molecule has 0 N–H and O–H groups in total. The molecule has 7 nitrogen and oxygen atoms in total. The quantitative estimate of drug-likeness (QED) is 0.468. The molecule has 7 heteroatoms. The normalized spacial score (nSPS) is 16.4. The molecule has 0 fully saturated rings. The van der Waals surface area contributed by atoms with Crippen LogP contribution >= 0.6 is 0 Å². The van der Waals surface area contributed by atoms with Gasteiger partial charge in [0.25, 0.3) is 5.54 Å². The van der Waals surface area contributed by atoms with Crippen molar-refractivity contribution in [2.75, 3.05) is 13.7 Å². The summed E-state index contributed by atoms with van der Waals surface area (Å²) in [7, 11) is 1.36. The molecule has 0 aromatic rings. The Morgan fingerprint density at radius 2 is 1.88 bits per heavy atom. The van der Waals surface area contributed by atoms with Crippen molar-refractivity contribution in [2.24, 2.45) is 0 Å². The Labute approximate surface area is 94.1 Å². The highest BCUT2D eigenvalue weighted by molar-refractivity contribution is 4.81. The van der Waals surface area contributed by atoms with E-state index in [9.17, 15) is 20.2 Å². The summed E-state index contributed by atoms with van der Waals surface area (Å²) in [4.78, 5) is 20.8. The van der Waals surface area contributed by atoms with Gasteiger partial charge < -0.3 is 4.74 Å². The highest BCUT2D eigenvalue weighted by Crippen LogP contribution is 2.24. The molecule has 0 saturated carbocycles. The van der Waals surface area contributed by atoms with E-state index in [0.717, 1.165) is 0 Å². The highest BCUT2D eigenvalue weighted by Gasteiger charge is 2.46. The van der Waals surface area contributed by atoms with Crippen molar-refractivity contribution < 1.29 is 14.6 Å². The molecule has 0 saturated heterocycles. The third kappa shape index (κ3) is 3.41. The maximum atomic E-state index is 11.0. The molecule has 2 unspecified atom stereocenters. The molecule has 16 heavy (non-hydrogen) atoms. The van der Waals surface area contributed by atoms with E-state index in [1.54, 1.807) is 13.8 Å². The van der Waals surface area contributed by atoms with Crippen LogP contribution in [0.2, 0.25) is 0 Å². The number of hydrogen-bond acceptors (Lipinski definition) is 5. The van der Waals surface area contributed by atoms with Crippen molar-refractivity contribution in [2.45, 2.75) is 44.7 Å². The van der Waals surface area contributed by atoms with Crippen LogP contribution in [-0.4, -0.2) is 35.1 Å². The standard InChI is InChI=1S/C9H18N2O5/c1-4-8(10(12)13)6-9(5-2,7-16-3)11(14)15/h8H,4-7H2,1-3H3. The van der Waals surface area contributed by atoms with Gasteiger partial charge in [-0.1, -0.05) is 13.8 Å². The third-order valence-electron chi connectivity index (χ3n) is 2.84. The number of ether oxygens (including phenoxy) is 1. The number of hydrogen-bond donors (Lipinski definition) is 0. The van der Waals surface area contributed by atoms with Crippen molar-refractivity contribution in [1.82, 2.24) is 0 Å². The minimum absolute atomic E-state index is 0.0894. The summed E-state index contributed by atoms with van der Waals surface area (Å²) in [5.74, 6) is 0. The van der Waals surface area contributed by atoms with Gasteiger partial charge >= 0.3 is 0 Å². The van der Waals surface area contributed by atoms with Gasteiger partial charge in [-0.05, 0) is 0 Å². The molecule has 2 atom stereocenters. The Bertz CT molecular complexity index is 258. The van der Waals surface area contributed by atoms with Gasteiger partial charge in [-0.2, -0.15) is 0 Å². The van der Waals surface area contributed by atoms with Crippen LogP contribution in [0.15, 0.2) is 0 Å². The molecule has 0 aromatic carbocycles. The van der Waals surface area contributed by atoms with Gasteiger partial charge in [-0.15, -0.1) is 0 Å². The zero-order valence-corrected chi connectivity index (χ0v) is 9.84. The second kappa shape index (κ2) is 6.37. The predicted molar refractivity (Wildman–Crippen MR) is 57.6 cm³/mol. The van der Waals surface area contributed by atoms with E-state index in [1.165, 1.54) is 7.11 Å². The van der Waals surface area contributed by atoms with Gasteiger partial charge in [0.1, 0.15) is 6.61 Å². The van der Waals surface area contributed by atoms with Gasteiger partial charge in [0, 0.05) is 29.8 Å². The lowest BCUT2D eigenvalue weighted by Crippen LogP contribution is -2.46. The molecule has 0 aliphatic carbocycles. The largest absolute Gasteiger partial charge is 0.377 e. The first-order valence-corrected chi connectivity index (χ1v) is 5.20. The monoisotopic (exact) mass is 234 g/mol. The molecule has 0 aliphatic rings. The molecule has 0 aliphatic heterocycles. The minimum atomic E-state index is -1.34. The SMILES string of the molecule is CCC(CC(CC)(COC)[N+](=O)[O-])[N+](=O)[O-]. The molecule has 0 spiro atoms. The fraction of sp³-hybridized carbons (Fsp3) is 1.00. The van der Waals surface area contributed by atoms with Crippen LogP contribution < -0.4 is 0 Å². The summed E-state index contributed by atoms with van der Waals surface area (Å²) in [5.41, 5.74) is -1.34. The maximum Gasteiger partial charge on any atom is 0.251 e. The molecule has 0 amide bonds. The molecule has 0 rings (SSSR count). The molecule has 0 aromatic heterocycles. The summed E-state index contributed by atoms with van der Waals surface area (Å²) in [6.07, 6.45) is 0.415. The first kappa shape index (κ1) is 14.8. The first-order chi connectivity index (χ1) is 7.43. The average molecular weight is 234 g/mol. The van der Waals surface area contributed by atoms with E-state index < -0.39 is 21.4 Å². The Balaban J connectivity index is 4.89. The van der Waals surface area contributed by atoms with Crippen LogP contribution in [-0.2, 0) is 4.74 Å².